The van der Waals surface area contributed by atoms with E-state index in [2.05, 4.69) is 0 Å². The van der Waals surface area contributed by atoms with Crippen LogP contribution in [0.1, 0.15) is 27.5 Å². The zero-order chi connectivity index (χ0) is 14.8. The van der Waals surface area contributed by atoms with Gasteiger partial charge in [0.05, 0.1) is 0 Å². The SMILES string of the molecule is NC(=O)C1c2ccccc2CCN1C(=O)c1ccccc1. The van der Waals surface area contributed by atoms with E-state index in [-0.39, 0.29) is 5.91 Å². The first-order valence-corrected chi connectivity index (χ1v) is 6.91. The monoisotopic (exact) mass is 280 g/mol. The smallest absolute Gasteiger partial charge is 0.254 e. The second kappa shape index (κ2) is 5.40. The number of primary amides is 1. The van der Waals surface area contributed by atoms with E-state index in [9.17, 15) is 9.59 Å². The number of nitrogens with zero attached hydrogens (tertiary/aromatic N) is 1. The fourth-order valence-electron chi connectivity index (χ4n) is 2.84. The average molecular weight is 280 g/mol. The van der Waals surface area contributed by atoms with E-state index in [4.69, 9.17) is 5.73 Å². The van der Waals surface area contributed by atoms with Crippen LogP contribution in [0.3, 0.4) is 0 Å². The molecule has 4 heteroatoms. The molecule has 0 saturated carbocycles. The third-order valence-corrected chi connectivity index (χ3v) is 3.83. The third-order valence-electron chi connectivity index (χ3n) is 3.83. The molecule has 0 fully saturated rings. The summed E-state index contributed by atoms with van der Waals surface area (Å²) in [5.41, 5.74) is 8.04. The van der Waals surface area contributed by atoms with Crippen LogP contribution in [-0.4, -0.2) is 23.3 Å². The van der Waals surface area contributed by atoms with Crippen molar-refractivity contribution in [3.63, 3.8) is 0 Å². The maximum Gasteiger partial charge on any atom is 0.254 e. The van der Waals surface area contributed by atoms with E-state index in [1.165, 1.54) is 0 Å². The van der Waals surface area contributed by atoms with Gasteiger partial charge < -0.3 is 10.6 Å². The van der Waals surface area contributed by atoms with Crippen LogP contribution in [0.15, 0.2) is 54.6 Å². The Hall–Kier alpha value is -2.62. The highest BCUT2D eigenvalue weighted by molar-refractivity contribution is 5.98. The minimum Gasteiger partial charge on any atom is -0.368 e. The lowest BCUT2D eigenvalue weighted by atomic mass is 9.91. The molecule has 0 aromatic heterocycles. The largest absolute Gasteiger partial charge is 0.368 e. The maximum absolute atomic E-state index is 12.6. The van der Waals surface area contributed by atoms with Gasteiger partial charge in [-0.1, -0.05) is 42.5 Å². The van der Waals surface area contributed by atoms with E-state index in [0.717, 1.165) is 17.5 Å². The zero-order valence-electron chi connectivity index (χ0n) is 11.5. The Labute approximate surface area is 123 Å². The number of amides is 2. The minimum absolute atomic E-state index is 0.158. The maximum atomic E-state index is 12.6. The van der Waals surface area contributed by atoms with Gasteiger partial charge in [-0.3, -0.25) is 9.59 Å². The van der Waals surface area contributed by atoms with Gasteiger partial charge in [0.2, 0.25) is 5.91 Å². The number of carbonyl (C=O) groups is 2. The molecule has 0 bridgehead atoms. The summed E-state index contributed by atoms with van der Waals surface area (Å²) in [6, 6.07) is 15.9. The number of fused-ring (bicyclic) bond motifs is 1. The summed E-state index contributed by atoms with van der Waals surface area (Å²) >= 11 is 0. The lowest BCUT2D eigenvalue weighted by Crippen LogP contribution is -2.45. The van der Waals surface area contributed by atoms with Crippen molar-refractivity contribution in [2.24, 2.45) is 5.73 Å². The molecule has 21 heavy (non-hydrogen) atoms. The first-order valence-electron chi connectivity index (χ1n) is 6.91. The number of hydrogen-bond donors (Lipinski definition) is 1. The fraction of sp³-hybridized carbons (Fsp3) is 0.176. The molecule has 106 valence electrons. The number of carbonyl (C=O) groups excluding carboxylic acids is 2. The molecule has 0 spiro atoms. The van der Waals surface area contributed by atoms with Crippen LogP contribution >= 0.6 is 0 Å². The summed E-state index contributed by atoms with van der Waals surface area (Å²) in [5, 5.41) is 0. The number of hydrogen-bond acceptors (Lipinski definition) is 2. The Bertz CT molecular complexity index is 682. The Kier molecular flexibility index (Phi) is 3.44. The van der Waals surface area contributed by atoms with Gasteiger partial charge >= 0.3 is 0 Å². The van der Waals surface area contributed by atoms with Gasteiger partial charge in [-0.25, -0.2) is 0 Å². The quantitative estimate of drug-likeness (QED) is 0.913. The zero-order valence-corrected chi connectivity index (χ0v) is 11.5. The van der Waals surface area contributed by atoms with E-state index < -0.39 is 11.9 Å². The lowest BCUT2D eigenvalue weighted by molar-refractivity contribution is -0.123. The summed E-state index contributed by atoms with van der Waals surface area (Å²) < 4.78 is 0. The average Bonchev–Trinajstić information content (AvgIpc) is 2.53. The highest BCUT2D eigenvalue weighted by atomic mass is 16.2. The molecule has 0 radical (unpaired) electrons. The van der Waals surface area contributed by atoms with E-state index in [0.29, 0.717) is 12.1 Å². The van der Waals surface area contributed by atoms with Gasteiger partial charge in [0.25, 0.3) is 5.91 Å². The van der Waals surface area contributed by atoms with Crippen molar-refractivity contribution in [2.45, 2.75) is 12.5 Å². The molecule has 2 aromatic carbocycles. The van der Waals surface area contributed by atoms with Crippen molar-refractivity contribution in [3.05, 3.63) is 71.3 Å². The molecular formula is C17H16N2O2. The minimum atomic E-state index is -0.692. The molecule has 0 saturated heterocycles. The highest BCUT2D eigenvalue weighted by Crippen LogP contribution is 2.30. The van der Waals surface area contributed by atoms with Crippen molar-refractivity contribution in [2.75, 3.05) is 6.54 Å². The van der Waals surface area contributed by atoms with Gasteiger partial charge in [0, 0.05) is 12.1 Å². The molecular weight excluding hydrogens is 264 g/mol. The standard InChI is InChI=1S/C17H16N2O2/c18-16(20)15-14-9-5-4-6-12(14)10-11-19(15)17(21)13-7-2-1-3-8-13/h1-9,15H,10-11H2,(H2,18,20). The van der Waals surface area contributed by atoms with Gasteiger partial charge in [0.15, 0.2) is 0 Å². The Morgan fingerprint density at radius 2 is 1.67 bits per heavy atom. The molecule has 1 aliphatic heterocycles. The van der Waals surface area contributed by atoms with Crippen LogP contribution in [0, 0.1) is 0 Å². The number of rotatable bonds is 2. The third kappa shape index (κ3) is 2.40. The predicted molar refractivity (Wildman–Crippen MR) is 79.6 cm³/mol. The molecule has 1 aliphatic rings. The van der Waals surface area contributed by atoms with E-state index >= 15 is 0 Å². The molecule has 1 atom stereocenters. The summed E-state index contributed by atoms with van der Waals surface area (Å²) in [4.78, 5) is 26.1. The highest BCUT2D eigenvalue weighted by Gasteiger charge is 2.34. The predicted octanol–water partition coefficient (Wildman–Crippen LogP) is 1.91. The van der Waals surface area contributed by atoms with Crippen molar-refractivity contribution in [3.8, 4) is 0 Å². The van der Waals surface area contributed by atoms with E-state index in [1.807, 2.05) is 42.5 Å². The van der Waals surface area contributed by atoms with Crippen molar-refractivity contribution in [1.29, 1.82) is 0 Å². The first-order chi connectivity index (χ1) is 10.2. The lowest BCUT2D eigenvalue weighted by Gasteiger charge is -2.35. The Morgan fingerprint density at radius 1 is 1.00 bits per heavy atom. The Morgan fingerprint density at radius 3 is 2.38 bits per heavy atom. The van der Waals surface area contributed by atoms with Crippen LogP contribution in [0.2, 0.25) is 0 Å². The van der Waals surface area contributed by atoms with Gasteiger partial charge in [-0.05, 0) is 29.7 Å². The fourth-order valence-corrected chi connectivity index (χ4v) is 2.84. The van der Waals surface area contributed by atoms with Crippen LogP contribution < -0.4 is 5.73 Å². The van der Waals surface area contributed by atoms with Crippen molar-refractivity contribution < 1.29 is 9.59 Å². The molecule has 4 nitrogen and oxygen atoms in total. The molecule has 1 unspecified atom stereocenters. The topological polar surface area (TPSA) is 63.4 Å². The van der Waals surface area contributed by atoms with Crippen LogP contribution in [0.5, 0.6) is 0 Å². The molecule has 3 rings (SSSR count). The van der Waals surface area contributed by atoms with Crippen molar-refractivity contribution >= 4 is 11.8 Å². The van der Waals surface area contributed by atoms with Gasteiger partial charge in [-0.15, -0.1) is 0 Å². The van der Waals surface area contributed by atoms with Crippen molar-refractivity contribution in [1.82, 2.24) is 4.90 Å². The van der Waals surface area contributed by atoms with Gasteiger partial charge in [0.1, 0.15) is 6.04 Å². The summed E-state index contributed by atoms with van der Waals surface area (Å²) in [6.45, 7) is 0.498. The Balaban J connectivity index is 2.00. The number of benzene rings is 2. The normalized spacial score (nSPS) is 17.1. The number of nitrogens with two attached hydrogens (primary N) is 1. The van der Waals surface area contributed by atoms with E-state index in [1.54, 1.807) is 17.0 Å². The molecule has 2 N–H and O–H groups in total. The summed E-state index contributed by atoms with van der Waals surface area (Å²) in [6.07, 6.45) is 0.735. The second-order valence-electron chi connectivity index (χ2n) is 5.12. The summed E-state index contributed by atoms with van der Waals surface area (Å²) in [7, 11) is 0. The van der Waals surface area contributed by atoms with Gasteiger partial charge in [-0.2, -0.15) is 0 Å². The molecule has 2 aromatic rings. The molecule has 0 aliphatic carbocycles. The van der Waals surface area contributed by atoms with Crippen LogP contribution in [0.4, 0.5) is 0 Å². The molecule has 2 amide bonds. The summed E-state index contributed by atoms with van der Waals surface area (Å²) in [5.74, 6) is -0.652. The second-order valence-corrected chi connectivity index (χ2v) is 5.12. The van der Waals surface area contributed by atoms with Crippen LogP contribution in [0.25, 0.3) is 0 Å². The first kappa shape index (κ1) is 13.4. The molecule has 1 heterocycles. The van der Waals surface area contributed by atoms with Crippen LogP contribution in [-0.2, 0) is 11.2 Å².